The summed E-state index contributed by atoms with van der Waals surface area (Å²) in [5.74, 6) is 0.813. The van der Waals surface area contributed by atoms with Gasteiger partial charge in [-0.3, -0.25) is 0 Å². The van der Waals surface area contributed by atoms with Gasteiger partial charge < -0.3 is 19.9 Å². The summed E-state index contributed by atoms with van der Waals surface area (Å²) in [6, 6.07) is 5.50. The molecular formula is C16H24ClNO3. The molecule has 1 aliphatic heterocycles. The van der Waals surface area contributed by atoms with Crippen LogP contribution in [-0.4, -0.2) is 38.6 Å². The van der Waals surface area contributed by atoms with E-state index in [2.05, 4.69) is 0 Å². The van der Waals surface area contributed by atoms with Gasteiger partial charge in [-0.15, -0.1) is 0 Å². The molecule has 0 aromatic heterocycles. The summed E-state index contributed by atoms with van der Waals surface area (Å²) in [6.07, 6.45) is 2.32. The molecule has 4 nitrogen and oxygen atoms in total. The van der Waals surface area contributed by atoms with Crippen molar-refractivity contribution in [2.24, 2.45) is 5.73 Å². The highest BCUT2D eigenvalue weighted by atomic mass is 35.5. The molecule has 0 aliphatic carbocycles. The van der Waals surface area contributed by atoms with Crippen LogP contribution >= 0.6 is 11.6 Å². The lowest BCUT2D eigenvalue weighted by atomic mass is 9.83. The monoisotopic (exact) mass is 313 g/mol. The largest absolute Gasteiger partial charge is 0.496 e. The van der Waals surface area contributed by atoms with Crippen LogP contribution in [0.2, 0.25) is 5.02 Å². The molecule has 1 aliphatic rings. The Hall–Kier alpha value is -0.810. The van der Waals surface area contributed by atoms with Gasteiger partial charge in [0.25, 0.3) is 0 Å². The van der Waals surface area contributed by atoms with E-state index in [1.165, 1.54) is 0 Å². The lowest BCUT2D eigenvalue weighted by Crippen LogP contribution is -2.54. The van der Waals surface area contributed by atoms with E-state index in [4.69, 9.17) is 31.5 Å². The third-order valence-electron chi connectivity index (χ3n) is 4.13. The molecule has 118 valence electrons. The molecule has 21 heavy (non-hydrogen) atoms. The Morgan fingerprint density at radius 2 is 2.10 bits per heavy atom. The Morgan fingerprint density at radius 1 is 1.38 bits per heavy atom. The Bertz CT molecular complexity index is 455. The van der Waals surface area contributed by atoms with Crippen LogP contribution in [0.3, 0.4) is 0 Å². The van der Waals surface area contributed by atoms with Crippen LogP contribution in [0, 0.1) is 0 Å². The molecule has 0 spiro atoms. The highest BCUT2D eigenvalue weighted by Crippen LogP contribution is 2.32. The number of hydrogen-bond acceptors (Lipinski definition) is 4. The van der Waals surface area contributed by atoms with E-state index in [0.717, 1.165) is 24.2 Å². The molecule has 2 N–H and O–H groups in total. The van der Waals surface area contributed by atoms with Crippen LogP contribution in [-0.2, 0) is 15.9 Å². The molecule has 0 amide bonds. The van der Waals surface area contributed by atoms with Gasteiger partial charge >= 0.3 is 0 Å². The van der Waals surface area contributed by atoms with Crippen molar-refractivity contribution < 1.29 is 14.2 Å². The number of methoxy groups -OCH3 is 1. The molecule has 0 radical (unpaired) electrons. The summed E-state index contributed by atoms with van der Waals surface area (Å²) in [5, 5.41) is 0.690. The maximum atomic E-state index is 6.50. The van der Waals surface area contributed by atoms with Gasteiger partial charge in [-0.1, -0.05) is 11.6 Å². The van der Waals surface area contributed by atoms with E-state index in [0.29, 0.717) is 31.3 Å². The van der Waals surface area contributed by atoms with E-state index < -0.39 is 0 Å². The summed E-state index contributed by atoms with van der Waals surface area (Å²) in [5.41, 5.74) is 7.19. The topological polar surface area (TPSA) is 53.7 Å². The van der Waals surface area contributed by atoms with Crippen molar-refractivity contribution in [2.45, 2.75) is 37.8 Å². The minimum Gasteiger partial charge on any atom is -0.496 e. The minimum atomic E-state index is -0.319. The normalized spacial score (nSPS) is 19.2. The lowest BCUT2D eigenvalue weighted by Gasteiger charge is -2.41. The Morgan fingerprint density at radius 3 is 2.71 bits per heavy atom. The summed E-state index contributed by atoms with van der Waals surface area (Å²) in [7, 11) is 1.66. The molecule has 1 heterocycles. The summed E-state index contributed by atoms with van der Waals surface area (Å²) < 4.78 is 16.9. The molecule has 0 bridgehead atoms. The highest BCUT2D eigenvalue weighted by molar-refractivity contribution is 6.30. The Balaban J connectivity index is 2.18. The fourth-order valence-electron chi connectivity index (χ4n) is 2.96. The van der Waals surface area contributed by atoms with Gasteiger partial charge in [0.05, 0.1) is 12.7 Å². The molecule has 1 unspecified atom stereocenters. The maximum absolute atomic E-state index is 6.50. The highest BCUT2D eigenvalue weighted by Gasteiger charge is 2.39. The van der Waals surface area contributed by atoms with E-state index in [9.17, 15) is 0 Å². The smallest absolute Gasteiger partial charge is 0.122 e. The van der Waals surface area contributed by atoms with Crippen LogP contribution in [0.1, 0.15) is 25.3 Å². The number of benzene rings is 1. The predicted molar refractivity (Wildman–Crippen MR) is 84.1 cm³/mol. The second-order valence-electron chi connectivity index (χ2n) is 5.38. The van der Waals surface area contributed by atoms with Crippen LogP contribution in [0.4, 0.5) is 0 Å². The average molecular weight is 314 g/mol. The van der Waals surface area contributed by atoms with Gasteiger partial charge in [-0.05, 0) is 37.1 Å². The number of hydrogen-bond donors (Lipinski definition) is 1. The van der Waals surface area contributed by atoms with Crippen molar-refractivity contribution in [1.29, 1.82) is 0 Å². The predicted octanol–water partition coefficient (Wildman–Crippen LogP) is 2.80. The summed E-state index contributed by atoms with van der Waals surface area (Å²) in [6.45, 7) is 4.05. The van der Waals surface area contributed by atoms with Crippen molar-refractivity contribution in [3.05, 3.63) is 28.8 Å². The van der Waals surface area contributed by atoms with E-state index in [1.54, 1.807) is 7.11 Å². The zero-order valence-electron chi connectivity index (χ0n) is 12.7. The molecule has 0 saturated carbocycles. The van der Waals surface area contributed by atoms with E-state index >= 15 is 0 Å². The van der Waals surface area contributed by atoms with Crippen LogP contribution in [0.5, 0.6) is 5.75 Å². The average Bonchev–Trinajstić information content (AvgIpc) is 2.49. The zero-order valence-corrected chi connectivity index (χ0v) is 13.5. The first-order valence-electron chi connectivity index (χ1n) is 7.41. The Kier molecular flexibility index (Phi) is 5.88. The minimum absolute atomic E-state index is 0.117. The van der Waals surface area contributed by atoms with Gasteiger partial charge in [-0.2, -0.15) is 0 Å². The van der Waals surface area contributed by atoms with Gasteiger partial charge in [0, 0.05) is 43.7 Å². The van der Waals surface area contributed by atoms with Crippen LogP contribution in [0.25, 0.3) is 0 Å². The van der Waals surface area contributed by atoms with Crippen molar-refractivity contribution in [3.63, 3.8) is 0 Å². The molecular weight excluding hydrogens is 290 g/mol. The quantitative estimate of drug-likeness (QED) is 0.877. The first kappa shape index (κ1) is 16.6. The van der Waals surface area contributed by atoms with E-state index in [1.807, 2.05) is 25.1 Å². The third-order valence-corrected chi connectivity index (χ3v) is 4.36. The lowest BCUT2D eigenvalue weighted by molar-refractivity contribution is -0.120. The number of ether oxygens (including phenoxy) is 3. The van der Waals surface area contributed by atoms with Crippen molar-refractivity contribution in [1.82, 2.24) is 0 Å². The molecule has 1 aromatic carbocycles. The third kappa shape index (κ3) is 3.89. The molecule has 5 heteroatoms. The van der Waals surface area contributed by atoms with Crippen LogP contribution < -0.4 is 10.5 Å². The summed E-state index contributed by atoms with van der Waals surface area (Å²) >= 11 is 6.09. The van der Waals surface area contributed by atoms with Crippen molar-refractivity contribution >= 4 is 11.6 Å². The molecule has 2 rings (SSSR count). The van der Waals surface area contributed by atoms with E-state index in [-0.39, 0.29) is 11.6 Å². The zero-order chi connectivity index (χ0) is 15.3. The van der Waals surface area contributed by atoms with Gasteiger partial charge in [0.15, 0.2) is 0 Å². The first-order chi connectivity index (χ1) is 10.1. The van der Waals surface area contributed by atoms with Gasteiger partial charge in [0.2, 0.25) is 0 Å². The van der Waals surface area contributed by atoms with Gasteiger partial charge in [0.1, 0.15) is 5.75 Å². The van der Waals surface area contributed by atoms with Gasteiger partial charge in [-0.25, -0.2) is 0 Å². The number of rotatable bonds is 6. The second kappa shape index (κ2) is 7.45. The molecule has 1 atom stereocenters. The first-order valence-corrected chi connectivity index (χ1v) is 7.79. The van der Waals surface area contributed by atoms with Crippen molar-refractivity contribution in [3.8, 4) is 5.75 Å². The van der Waals surface area contributed by atoms with Crippen molar-refractivity contribution in [2.75, 3.05) is 26.9 Å². The SMILES string of the molecule is CCOC1(C(N)Cc2cc(Cl)ccc2OC)CCOCC1. The summed E-state index contributed by atoms with van der Waals surface area (Å²) in [4.78, 5) is 0. The number of nitrogens with two attached hydrogens (primary N) is 1. The standard InChI is InChI=1S/C16H24ClNO3/c1-3-21-16(6-8-20-9-7-16)15(18)11-12-10-13(17)4-5-14(12)19-2/h4-5,10,15H,3,6-9,11,18H2,1-2H3. The molecule has 1 fully saturated rings. The van der Waals surface area contributed by atoms with Crippen LogP contribution in [0.15, 0.2) is 18.2 Å². The molecule has 1 saturated heterocycles. The fraction of sp³-hybridized carbons (Fsp3) is 0.625. The fourth-order valence-corrected chi connectivity index (χ4v) is 3.15. The maximum Gasteiger partial charge on any atom is 0.122 e. The second-order valence-corrected chi connectivity index (χ2v) is 5.81. The Labute approximate surface area is 131 Å². The number of halogens is 1. The molecule has 1 aromatic rings.